The fraction of sp³-hybridized carbons (Fsp3) is 0.833. The predicted octanol–water partition coefficient (Wildman–Crippen LogP) is 0.683. The molecule has 1 aliphatic rings. The Kier molecular flexibility index (Phi) is 5.96. The lowest BCUT2D eigenvalue weighted by atomic mass is 10.1. The van der Waals surface area contributed by atoms with Gasteiger partial charge in [0, 0.05) is 13.0 Å². The van der Waals surface area contributed by atoms with Crippen LogP contribution in [-0.4, -0.2) is 42.2 Å². The SMILES string of the molecule is CCOC(=O)CC1CC(CNC(N)=S)OC(C)(C)O1. The van der Waals surface area contributed by atoms with Crippen LogP contribution in [0.3, 0.4) is 0 Å². The van der Waals surface area contributed by atoms with E-state index in [1.807, 2.05) is 13.8 Å². The lowest BCUT2D eigenvalue weighted by Gasteiger charge is -2.40. The minimum absolute atomic E-state index is 0.107. The van der Waals surface area contributed by atoms with Gasteiger partial charge in [0.25, 0.3) is 0 Å². The molecule has 0 aromatic heterocycles. The van der Waals surface area contributed by atoms with Crippen molar-refractivity contribution >= 4 is 23.3 Å². The van der Waals surface area contributed by atoms with Gasteiger partial charge < -0.3 is 25.3 Å². The zero-order chi connectivity index (χ0) is 14.5. The Balaban J connectivity index is 2.52. The van der Waals surface area contributed by atoms with Gasteiger partial charge in [-0.15, -0.1) is 0 Å². The third-order valence-electron chi connectivity index (χ3n) is 2.63. The number of ether oxygens (including phenoxy) is 3. The Morgan fingerprint density at radius 2 is 2.11 bits per heavy atom. The first-order chi connectivity index (χ1) is 8.82. The molecule has 1 heterocycles. The Labute approximate surface area is 118 Å². The van der Waals surface area contributed by atoms with Crippen LogP contribution in [-0.2, 0) is 19.0 Å². The normalized spacial score (nSPS) is 25.6. The van der Waals surface area contributed by atoms with E-state index < -0.39 is 5.79 Å². The molecule has 6 nitrogen and oxygen atoms in total. The molecule has 1 rings (SSSR count). The Morgan fingerprint density at radius 1 is 1.47 bits per heavy atom. The predicted molar refractivity (Wildman–Crippen MR) is 74.5 cm³/mol. The third-order valence-corrected chi connectivity index (χ3v) is 2.77. The zero-order valence-electron chi connectivity index (χ0n) is 11.6. The van der Waals surface area contributed by atoms with Gasteiger partial charge in [-0.3, -0.25) is 4.79 Å². The van der Waals surface area contributed by atoms with Crippen molar-refractivity contribution in [3.8, 4) is 0 Å². The summed E-state index contributed by atoms with van der Waals surface area (Å²) in [6.45, 7) is 6.29. The first-order valence-corrected chi connectivity index (χ1v) is 6.77. The van der Waals surface area contributed by atoms with E-state index in [4.69, 9.17) is 32.2 Å². The van der Waals surface area contributed by atoms with E-state index in [0.29, 0.717) is 19.6 Å². The Hall–Kier alpha value is -0.920. The summed E-state index contributed by atoms with van der Waals surface area (Å²) in [5.41, 5.74) is 5.39. The molecule has 7 heteroatoms. The average Bonchev–Trinajstić information content (AvgIpc) is 2.24. The molecule has 2 atom stereocenters. The molecule has 0 radical (unpaired) electrons. The molecule has 0 amide bonds. The maximum absolute atomic E-state index is 11.5. The maximum atomic E-state index is 11.5. The molecule has 0 aliphatic carbocycles. The number of hydrogen-bond donors (Lipinski definition) is 2. The number of nitrogens with one attached hydrogen (secondary N) is 1. The first-order valence-electron chi connectivity index (χ1n) is 6.37. The van der Waals surface area contributed by atoms with Crippen molar-refractivity contribution < 1.29 is 19.0 Å². The molecule has 1 aliphatic heterocycles. The number of carbonyl (C=O) groups excluding carboxylic acids is 1. The highest BCUT2D eigenvalue weighted by atomic mass is 32.1. The van der Waals surface area contributed by atoms with E-state index in [-0.39, 0.29) is 29.7 Å². The van der Waals surface area contributed by atoms with Crippen molar-refractivity contribution in [1.29, 1.82) is 0 Å². The molecule has 1 saturated heterocycles. The van der Waals surface area contributed by atoms with Crippen LogP contribution in [0, 0.1) is 0 Å². The molecule has 0 aromatic rings. The van der Waals surface area contributed by atoms with Crippen LogP contribution in [0.15, 0.2) is 0 Å². The van der Waals surface area contributed by atoms with Crippen molar-refractivity contribution in [3.05, 3.63) is 0 Å². The monoisotopic (exact) mass is 290 g/mol. The summed E-state index contributed by atoms with van der Waals surface area (Å²) >= 11 is 4.76. The highest BCUT2D eigenvalue weighted by Crippen LogP contribution is 2.28. The summed E-state index contributed by atoms with van der Waals surface area (Å²) in [6.07, 6.45) is 0.493. The molecular weight excluding hydrogens is 268 g/mol. The third kappa shape index (κ3) is 6.17. The molecule has 110 valence electrons. The van der Waals surface area contributed by atoms with Gasteiger partial charge in [-0.05, 0) is 33.0 Å². The van der Waals surface area contributed by atoms with Gasteiger partial charge in [-0.1, -0.05) is 0 Å². The molecule has 0 bridgehead atoms. The molecule has 0 spiro atoms. The Morgan fingerprint density at radius 3 is 2.68 bits per heavy atom. The molecule has 2 unspecified atom stereocenters. The van der Waals surface area contributed by atoms with E-state index in [0.717, 1.165) is 0 Å². The van der Waals surface area contributed by atoms with Crippen molar-refractivity contribution in [2.24, 2.45) is 5.73 Å². The lowest BCUT2D eigenvalue weighted by molar-refractivity contribution is -0.298. The summed E-state index contributed by atoms with van der Waals surface area (Å²) in [5, 5.41) is 3.10. The highest BCUT2D eigenvalue weighted by Gasteiger charge is 2.36. The van der Waals surface area contributed by atoms with E-state index in [1.165, 1.54) is 0 Å². The van der Waals surface area contributed by atoms with Crippen LogP contribution in [0.2, 0.25) is 0 Å². The van der Waals surface area contributed by atoms with Crippen LogP contribution in [0.25, 0.3) is 0 Å². The quantitative estimate of drug-likeness (QED) is 0.569. The molecule has 19 heavy (non-hydrogen) atoms. The second-order valence-electron chi connectivity index (χ2n) is 4.87. The van der Waals surface area contributed by atoms with Gasteiger partial charge in [-0.2, -0.15) is 0 Å². The number of nitrogens with two attached hydrogens (primary N) is 1. The van der Waals surface area contributed by atoms with E-state index in [2.05, 4.69) is 5.32 Å². The summed E-state index contributed by atoms with van der Waals surface area (Å²) in [5.74, 6) is -0.996. The van der Waals surface area contributed by atoms with E-state index in [1.54, 1.807) is 6.92 Å². The van der Waals surface area contributed by atoms with Crippen LogP contribution >= 0.6 is 12.2 Å². The van der Waals surface area contributed by atoms with Crippen LogP contribution in [0.5, 0.6) is 0 Å². The van der Waals surface area contributed by atoms with Gasteiger partial charge in [0.05, 0.1) is 25.2 Å². The van der Waals surface area contributed by atoms with Crippen molar-refractivity contribution in [3.63, 3.8) is 0 Å². The van der Waals surface area contributed by atoms with Crippen molar-refractivity contribution in [2.75, 3.05) is 13.2 Å². The molecule has 1 fully saturated rings. The number of esters is 1. The molecule has 0 saturated carbocycles. The van der Waals surface area contributed by atoms with Gasteiger partial charge in [0.15, 0.2) is 10.9 Å². The zero-order valence-corrected chi connectivity index (χ0v) is 12.4. The number of hydrogen-bond acceptors (Lipinski definition) is 5. The number of rotatable bonds is 5. The number of carbonyl (C=O) groups is 1. The fourth-order valence-electron chi connectivity index (χ4n) is 2.09. The summed E-state index contributed by atoms with van der Waals surface area (Å²) in [6, 6.07) is 0. The average molecular weight is 290 g/mol. The highest BCUT2D eigenvalue weighted by molar-refractivity contribution is 7.80. The smallest absolute Gasteiger partial charge is 0.308 e. The Bertz CT molecular complexity index is 336. The second-order valence-corrected chi connectivity index (χ2v) is 5.31. The second kappa shape index (κ2) is 7.02. The lowest BCUT2D eigenvalue weighted by Crippen LogP contribution is -2.49. The molecular formula is C12H22N2O4S. The van der Waals surface area contributed by atoms with Gasteiger partial charge in [0.2, 0.25) is 0 Å². The maximum Gasteiger partial charge on any atom is 0.308 e. The van der Waals surface area contributed by atoms with Crippen LogP contribution in [0.4, 0.5) is 0 Å². The first kappa shape index (κ1) is 16.1. The summed E-state index contributed by atoms with van der Waals surface area (Å²) < 4.78 is 16.4. The van der Waals surface area contributed by atoms with E-state index in [9.17, 15) is 4.79 Å². The summed E-state index contributed by atoms with van der Waals surface area (Å²) in [4.78, 5) is 11.5. The standard InChI is InChI=1S/C12H22N2O4S/c1-4-16-10(15)6-8-5-9(7-14-11(13)19)18-12(2,3)17-8/h8-9H,4-7H2,1-3H3,(H3,13,14,19). The van der Waals surface area contributed by atoms with Crippen LogP contribution < -0.4 is 11.1 Å². The van der Waals surface area contributed by atoms with Gasteiger partial charge in [-0.25, -0.2) is 0 Å². The molecule has 3 N–H and O–H groups in total. The summed E-state index contributed by atoms with van der Waals surface area (Å²) in [7, 11) is 0. The van der Waals surface area contributed by atoms with Gasteiger partial charge >= 0.3 is 5.97 Å². The van der Waals surface area contributed by atoms with Crippen LogP contribution in [0.1, 0.15) is 33.6 Å². The van der Waals surface area contributed by atoms with Gasteiger partial charge in [0.1, 0.15) is 0 Å². The largest absolute Gasteiger partial charge is 0.466 e. The van der Waals surface area contributed by atoms with Crippen molar-refractivity contribution in [2.45, 2.75) is 51.6 Å². The minimum atomic E-state index is -0.738. The minimum Gasteiger partial charge on any atom is -0.466 e. The van der Waals surface area contributed by atoms with E-state index >= 15 is 0 Å². The number of thiocarbonyl (C=S) groups is 1. The topological polar surface area (TPSA) is 82.8 Å². The fourth-order valence-corrected chi connectivity index (χ4v) is 2.17. The molecule has 0 aromatic carbocycles. The van der Waals surface area contributed by atoms with Crippen molar-refractivity contribution in [1.82, 2.24) is 5.32 Å².